The van der Waals surface area contributed by atoms with Crippen molar-refractivity contribution in [3.63, 3.8) is 0 Å². The molecule has 1 aromatic heterocycles. The molecule has 0 atom stereocenters. The number of ether oxygens (including phenoxy) is 1. The van der Waals surface area contributed by atoms with Gasteiger partial charge in [-0.1, -0.05) is 6.42 Å². The Hall–Kier alpha value is -1.43. The molecule has 0 unspecified atom stereocenters. The lowest BCUT2D eigenvalue weighted by Crippen LogP contribution is -2.36. The summed E-state index contributed by atoms with van der Waals surface area (Å²) in [6.45, 7) is 7.65. The molecule has 0 radical (unpaired) electrons. The molecule has 27 heavy (non-hydrogen) atoms. The fourth-order valence-electron chi connectivity index (χ4n) is 4.04. The molecule has 0 bridgehead atoms. The second-order valence-electron chi connectivity index (χ2n) is 7.80. The number of aromatic nitrogens is 2. The van der Waals surface area contributed by atoms with Gasteiger partial charge in [0.05, 0.1) is 18.7 Å². The van der Waals surface area contributed by atoms with Crippen molar-refractivity contribution in [3.05, 3.63) is 29.5 Å². The summed E-state index contributed by atoms with van der Waals surface area (Å²) >= 11 is 0. The summed E-state index contributed by atoms with van der Waals surface area (Å²) in [4.78, 5) is 15.1. The third-order valence-corrected chi connectivity index (χ3v) is 5.96. The normalized spacial score (nSPS) is 18.3. The van der Waals surface area contributed by atoms with E-state index in [9.17, 15) is 4.79 Å². The minimum Gasteiger partial charge on any atom is -0.379 e. The van der Waals surface area contributed by atoms with Crippen LogP contribution in [-0.4, -0.2) is 53.3 Å². The Morgan fingerprint density at radius 2 is 2.04 bits per heavy atom. The molecule has 1 saturated heterocycles. The van der Waals surface area contributed by atoms with Gasteiger partial charge in [-0.3, -0.25) is 14.4 Å². The number of halogens is 1. The van der Waals surface area contributed by atoms with E-state index in [1.807, 2.05) is 12.1 Å². The fraction of sp³-hybridized carbons (Fsp3) is 0.619. The van der Waals surface area contributed by atoms with Gasteiger partial charge in [0.2, 0.25) is 0 Å². The van der Waals surface area contributed by atoms with Crippen LogP contribution in [0, 0.1) is 12.8 Å². The highest BCUT2D eigenvalue weighted by atomic mass is 35.5. The minimum absolute atomic E-state index is 0. The standard InChI is InChI=1S/C21H29N3O2.ClH/c1-16-18(21(25)6-3-9-23-10-12-26-13-11-23)7-8-20-19(16)15-24(22-20)14-17-4-2-5-17;/h7-8,15,17H,2-6,9-14H2,1H3;1H. The van der Waals surface area contributed by atoms with Gasteiger partial charge in [-0.05, 0) is 56.3 Å². The Morgan fingerprint density at radius 3 is 2.74 bits per heavy atom. The molecule has 0 amide bonds. The van der Waals surface area contributed by atoms with E-state index in [2.05, 4.69) is 22.7 Å². The molecule has 2 aliphatic rings. The van der Waals surface area contributed by atoms with Crippen molar-refractivity contribution in [3.8, 4) is 0 Å². The smallest absolute Gasteiger partial charge is 0.163 e. The maximum atomic E-state index is 12.7. The van der Waals surface area contributed by atoms with Crippen LogP contribution in [0.15, 0.2) is 18.3 Å². The van der Waals surface area contributed by atoms with Gasteiger partial charge in [-0.25, -0.2) is 0 Å². The van der Waals surface area contributed by atoms with Gasteiger partial charge >= 0.3 is 0 Å². The zero-order valence-corrected chi connectivity index (χ0v) is 17.0. The fourth-order valence-corrected chi connectivity index (χ4v) is 4.04. The average molecular weight is 392 g/mol. The Kier molecular flexibility index (Phi) is 6.90. The number of Topliss-reactive ketones (excluding diaryl/α,β-unsaturated/α-hetero) is 1. The van der Waals surface area contributed by atoms with E-state index < -0.39 is 0 Å². The second-order valence-corrected chi connectivity index (χ2v) is 7.80. The van der Waals surface area contributed by atoms with Crippen molar-refractivity contribution in [2.45, 2.75) is 45.6 Å². The van der Waals surface area contributed by atoms with Gasteiger partial charge < -0.3 is 4.74 Å². The molecule has 4 rings (SSSR count). The molecular weight excluding hydrogens is 362 g/mol. The number of rotatable bonds is 7. The van der Waals surface area contributed by atoms with Crippen molar-refractivity contribution in [1.82, 2.24) is 14.7 Å². The lowest BCUT2D eigenvalue weighted by Gasteiger charge is -2.26. The highest BCUT2D eigenvalue weighted by molar-refractivity contribution is 6.01. The second kappa shape index (κ2) is 9.18. The first kappa shape index (κ1) is 20.3. The predicted octanol–water partition coefficient (Wildman–Crippen LogP) is 3.86. The van der Waals surface area contributed by atoms with Gasteiger partial charge in [0.1, 0.15) is 0 Å². The number of benzene rings is 1. The molecule has 2 fully saturated rings. The molecule has 1 aromatic carbocycles. The topological polar surface area (TPSA) is 47.4 Å². The van der Waals surface area contributed by atoms with E-state index >= 15 is 0 Å². The van der Waals surface area contributed by atoms with Crippen molar-refractivity contribution in [1.29, 1.82) is 0 Å². The molecule has 2 heterocycles. The predicted molar refractivity (Wildman–Crippen MR) is 110 cm³/mol. The summed E-state index contributed by atoms with van der Waals surface area (Å²) in [5.74, 6) is 1.04. The summed E-state index contributed by atoms with van der Waals surface area (Å²) in [6, 6.07) is 3.98. The van der Waals surface area contributed by atoms with Crippen molar-refractivity contribution >= 4 is 29.1 Å². The highest BCUT2D eigenvalue weighted by Crippen LogP contribution is 2.29. The van der Waals surface area contributed by atoms with Gasteiger partial charge in [0, 0.05) is 43.2 Å². The van der Waals surface area contributed by atoms with Gasteiger partial charge in [0.15, 0.2) is 5.78 Å². The third kappa shape index (κ3) is 4.71. The van der Waals surface area contributed by atoms with Crippen LogP contribution < -0.4 is 0 Å². The Morgan fingerprint density at radius 1 is 1.26 bits per heavy atom. The number of ketones is 1. The number of morpholine rings is 1. The van der Waals surface area contributed by atoms with E-state index in [1.54, 1.807) is 0 Å². The zero-order valence-electron chi connectivity index (χ0n) is 16.2. The molecule has 0 N–H and O–H groups in total. The summed E-state index contributed by atoms with van der Waals surface area (Å²) in [5, 5.41) is 5.83. The molecule has 6 heteroatoms. The molecule has 1 aliphatic heterocycles. The van der Waals surface area contributed by atoms with Crippen LogP contribution in [0.1, 0.15) is 48.0 Å². The van der Waals surface area contributed by atoms with Crippen molar-refractivity contribution in [2.24, 2.45) is 5.92 Å². The molecule has 148 valence electrons. The number of fused-ring (bicyclic) bond motifs is 1. The van der Waals surface area contributed by atoms with Crippen LogP contribution in [0.5, 0.6) is 0 Å². The first-order valence-corrected chi connectivity index (χ1v) is 10.0. The molecule has 2 aromatic rings. The first-order valence-electron chi connectivity index (χ1n) is 10.0. The summed E-state index contributed by atoms with van der Waals surface area (Å²) in [6.07, 6.45) is 7.66. The SMILES string of the molecule is Cc1c(C(=O)CCCN2CCOCC2)ccc2nn(CC3CCC3)cc12.Cl. The van der Waals surface area contributed by atoms with Crippen LogP contribution in [-0.2, 0) is 11.3 Å². The van der Waals surface area contributed by atoms with Crippen LogP contribution in [0.25, 0.3) is 10.9 Å². The van der Waals surface area contributed by atoms with Crippen LogP contribution in [0.3, 0.4) is 0 Å². The molecule has 5 nitrogen and oxygen atoms in total. The van der Waals surface area contributed by atoms with E-state index in [1.165, 1.54) is 19.3 Å². The van der Waals surface area contributed by atoms with Crippen LogP contribution in [0.4, 0.5) is 0 Å². The number of nitrogens with zero attached hydrogens (tertiary/aromatic N) is 3. The first-order chi connectivity index (χ1) is 12.7. The monoisotopic (exact) mass is 391 g/mol. The number of hydrogen-bond donors (Lipinski definition) is 0. The maximum Gasteiger partial charge on any atom is 0.163 e. The van der Waals surface area contributed by atoms with Gasteiger partial charge in [-0.2, -0.15) is 5.10 Å². The van der Waals surface area contributed by atoms with E-state index in [-0.39, 0.29) is 18.2 Å². The van der Waals surface area contributed by atoms with Crippen LogP contribution in [0.2, 0.25) is 0 Å². The number of hydrogen-bond acceptors (Lipinski definition) is 4. The molecule has 1 saturated carbocycles. The largest absolute Gasteiger partial charge is 0.379 e. The van der Waals surface area contributed by atoms with Crippen molar-refractivity contribution < 1.29 is 9.53 Å². The zero-order chi connectivity index (χ0) is 17.9. The molecular formula is C21H30ClN3O2. The Labute approximate surface area is 167 Å². The highest BCUT2D eigenvalue weighted by Gasteiger charge is 2.19. The quantitative estimate of drug-likeness (QED) is 0.672. The maximum absolute atomic E-state index is 12.7. The number of carbonyl (C=O) groups excluding carboxylic acids is 1. The van der Waals surface area contributed by atoms with Gasteiger partial charge in [-0.15, -0.1) is 12.4 Å². The Balaban J connectivity index is 0.00000210. The molecule has 0 spiro atoms. The Bertz CT molecular complexity index is 779. The van der Waals surface area contributed by atoms with Crippen molar-refractivity contribution in [2.75, 3.05) is 32.8 Å². The van der Waals surface area contributed by atoms with E-state index in [0.29, 0.717) is 6.42 Å². The number of aryl methyl sites for hydroxylation is 1. The average Bonchev–Trinajstić information content (AvgIpc) is 3.03. The summed E-state index contributed by atoms with van der Waals surface area (Å²) in [5.41, 5.74) is 2.95. The minimum atomic E-state index is 0. The number of carbonyl (C=O) groups is 1. The summed E-state index contributed by atoms with van der Waals surface area (Å²) in [7, 11) is 0. The molecule has 1 aliphatic carbocycles. The summed E-state index contributed by atoms with van der Waals surface area (Å²) < 4.78 is 7.45. The van der Waals surface area contributed by atoms with E-state index in [4.69, 9.17) is 9.84 Å². The lowest BCUT2D eigenvalue weighted by atomic mass is 9.85. The lowest BCUT2D eigenvalue weighted by molar-refractivity contribution is 0.0371. The van der Waals surface area contributed by atoms with Crippen LogP contribution >= 0.6 is 12.4 Å². The van der Waals surface area contributed by atoms with E-state index in [0.717, 1.165) is 73.8 Å². The van der Waals surface area contributed by atoms with Gasteiger partial charge in [0.25, 0.3) is 0 Å². The third-order valence-electron chi connectivity index (χ3n) is 5.96.